The Morgan fingerprint density at radius 2 is 1.88 bits per heavy atom. The molecule has 8 heavy (non-hydrogen) atoms. The van der Waals surface area contributed by atoms with E-state index in [-0.39, 0.29) is 16.9 Å². The number of hydrogen-bond acceptors (Lipinski definition) is 1. The molecular weight excluding hydrogens is 198 g/mol. The highest BCUT2D eigenvalue weighted by molar-refractivity contribution is 9.24. The second-order valence-electron chi connectivity index (χ2n) is 1.72. The smallest absolute Gasteiger partial charge is 0.102 e. The molecule has 0 bridgehead atoms. The van der Waals surface area contributed by atoms with E-state index in [2.05, 4.69) is 33.7 Å². The van der Waals surface area contributed by atoms with Crippen LogP contribution in [0.2, 0.25) is 0 Å². The summed E-state index contributed by atoms with van der Waals surface area (Å²) in [6, 6.07) is 0. The molecule has 0 aromatic heterocycles. The first-order valence-corrected chi connectivity index (χ1v) is 11.7. The van der Waals surface area contributed by atoms with Crippen LogP contribution in [0.3, 0.4) is 0 Å². The van der Waals surface area contributed by atoms with E-state index >= 15 is 0 Å². The summed E-state index contributed by atoms with van der Waals surface area (Å²) in [6.45, 7) is 7.02. The van der Waals surface area contributed by atoms with E-state index in [9.17, 15) is 0 Å². The van der Waals surface area contributed by atoms with E-state index in [1.54, 1.807) is 0 Å². The minimum absolute atomic E-state index is 0.222. The molecular formula is C4H14BrNSi2. The van der Waals surface area contributed by atoms with Crippen molar-refractivity contribution in [1.82, 2.24) is 4.57 Å². The number of hydrogen-bond donors (Lipinski definition) is 0. The zero-order valence-corrected chi connectivity index (χ0v) is 10.1. The maximum absolute atomic E-state index is 3.59. The minimum Gasteiger partial charge on any atom is -0.331 e. The van der Waals surface area contributed by atoms with E-state index in [0.29, 0.717) is 0 Å². The van der Waals surface area contributed by atoms with Crippen LogP contribution in [-0.2, 0) is 0 Å². The monoisotopic (exact) mass is 211 g/mol. The first-order chi connectivity index (χ1) is 3.85. The lowest BCUT2D eigenvalue weighted by atomic mass is 10.7. The molecule has 0 amide bonds. The lowest BCUT2D eigenvalue weighted by molar-refractivity contribution is 0.501. The predicted molar refractivity (Wildman–Crippen MR) is 48.9 cm³/mol. The van der Waals surface area contributed by atoms with Crippen molar-refractivity contribution < 1.29 is 0 Å². The first-order valence-electron chi connectivity index (χ1n) is 3.13. The number of nitrogens with zero attached hydrogens (tertiary/aromatic N) is 1. The molecule has 0 saturated heterocycles. The average Bonchev–Trinajstić information content (AvgIpc) is 1.83. The summed E-state index contributed by atoms with van der Waals surface area (Å²) in [5.41, 5.74) is 0. The lowest BCUT2D eigenvalue weighted by Gasteiger charge is -2.14. The SMILES string of the molecule is CCN(CC)[SiH2][SiH2]Br. The number of rotatable bonds is 4. The largest absolute Gasteiger partial charge is 0.331 e. The Morgan fingerprint density at radius 1 is 1.38 bits per heavy atom. The van der Waals surface area contributed by atoms with Crippen molar-refractivity contribution >= 4 is 32.1 Å². The van der Waals surface area contributed by atoms with Crippen molar-refractivity contribution in [1.29, 1.82) is 0 Å². The van der Waals surface area contributed by atoms with Crippen molar-refractivity contribution in [3.63, 3.8) is 0 Å². The van der Waals surface area contributed by atoms with Gasteiger partial charge in [-0.25, -0.2) is 0 Å². The van der Waals surface area contributed by atoms with Gasteiger partial charge in [0.2, 0.25) is 0 Å². The maximum atomic E-state index is 3.59. The fourth-order valence-corrected chi connectivity index (χ4v) is 8.66. The highest BCUT2D eigenvalue weighted by Crippen LogP contribution is 1.83. The van der Waals surface area contributed by atoms with Crippen molar-refractivity contribution in [2.75, 3.05) is 13.1 Å². The second kappa shape index (κ2) is 6.00. The molecule has 0 heterocycles. The fraction of sp³-hybridized carbons (Fsp3) is 1.00. The van der Waals surface area contributed by atoms with E-state index in [1.807, 2.05) is 0 Å². The topological polar surface area (TPSA) is 3.24 Å². The van der Waals surface area contributed by atoms with Crippen LogP contribution in [0, 0.1) is 0 Å². The average molecular weight is 212 g/mol. The van der Waals surface area contributed by atoms with Gasteiger partial charge in [-0.05, 0) is 13.1 Å². The van der Waals surface area contributed by atoms with Gasteiger partial charge in [-0.3, -0.25) is 0 Å². The van der Waals surface area contributed by atoms with Gasteiger partial charge < -0.3 is 4.57 Å². The van der Waals surface area contributed by atoms with Crippen LogP contribution in [-0.4, -0.2) is 34.5 Å². The van der Waals surface area contributed by atoms with Crippen molar-refractivity contribution in [2.45, 2.75) is 13.8 Å². The molecule has 0 rings (SSSR count). The Morgan fingerprint density at radius 3 is 2.00 bits per heavy atom. The van der Waals surface area contributed by atoms with Crippen molar-refractivity contribution in [2.24, 2.45) is 0 Å². The zero-order chi connectivity index (χ0) is 6.41. The molecule has 0 aliphatic heterocycles. The quantitative estimate of drug-likeness (QED) is 0.461. The van der Waals surface area contributed by atoms with E-state index in [1.165, 1.54) is 13.1 Å². The van der Waals surface area contributed by atoms with Gasteiger partial charge in [-0.15, -0.1) is 15.3 Å². The summed E-state index contributed by atoms with van der Waals surface area (Å²) < 4.78 is 2.58. The summed E-state index contributed by atoms with van der Waals surface area (Å²) in [6.07, 6.45) is 0. The molecule has 0 atom stereocenters. The predicted octanol–water partition coefficient (Wildman–Crippen LogP) is -0.194. The van der Waals surface area contributed by atoms with Gasteiger partial charge >= 0.3 is 0 Å². The van der Waals surface area contributed by atoms with Crippen molar-refractivity contribution in [3.05, 3.63) is 0 Å². The van der Waals surface area contributed by atoms with Crippen LogP contribution in [0.5, 0.6) is 0 Å². The minimum atomic E-state index is 0.222. The van der Waals surface area contributed by atoms with Crippen LogP contribution < -0.4 is 0 Å². The van der Waals surface area contributed by atoms with Crippen LogP contribution in [0.1, 0.15) is 13.8 Å². The molecule has 0 unspecified atom stereocenters. The van der Waals surface area contributed by atoms with E-state index in [0.717, 1.165) is 0 Å². The second-order valence-corrected chi connectivity index (χ2v) is 13.0. The summed E-state index contributed by atoms with van der Waals surface area (Å²) in [5, 5.41) is 0. The molecule has 0 radical (unpaired) electrons. The van der Waals surface area contributed by atoms with Gasteiger partial charge in [-0.2, -0.15) is 0 Å². The molecule has 0 aliphatic rings. The Bertz CT molecular complexity index is 49.3. The summed E-state index contributed by atoms with van der Waals surface area (Å²) in [5.74, 6) is 0. The normalized spacial score (nSPS) is 13.5. The first kappa shape index (κ1) is 8.87. The van der Waals surface area contributed by atoms with Crippen LogP contribution in [0.25, 0.3) is 0 Å². The van der Waals surface area contributed by atoms with E-state index < -0.39 is 0 Å². The molecule has 0 spiro atoms. The van der Waals surface area contributed by atoms with Crippen LogP contribution in [0.4, 0.5) is 0 Å². The summed E-state index contributed by atoms with van der Waals surface area (Å²) >= 11 is 3.59. The number of halogens is 1. The van der Waals surface area contributed by atoms with Crippen molar-refractivity contribution in [3.8, 4) is 0 Å². The molecule has 50 valence electrons. The van der Waals surface area contributed by atoms with Gasteiger partial charge in [0.15, 0.2) is 0 Å². The maximum Gasteiger partial charge on any atom is 0.102 e. The Kier molecular flexibility index (Phi) is 6.66. The van der Waals surface area contributed by atoms with Gasteiger partial charge in [-0.1, -0.05) is 13.8 Å². The molecule has 0 aromatic carbocycles. The summed E-state index contributed by atoms with van der Waals surface area (Å²) in [7, 11) is 0.446. The lowest BCUT2D eigenvalue weighted by Crippen LogP contribution is -2.29. The molecule has 0 saturated carbocycles. The Labute approximate surface area is 63.9 Å². The fourth-order valence-electron chi connectivity index (χ4n) is 0.659. The molecule has 0 fully saturated rings. The molecule has 0 aliphatic carbocycles. The summed E-state index contributed by atoms with van der Waals surface area (Å²) in [4.78, 5) is 0. The van der Waals surface area contributed by atoms with Gasteiger partial charge in [0.05, 0.1) is 9.20 Å². The highest BCUT2D eigenvalue weighted by atomic mass is 79.9. The highest BCUT2D eigenvalue weighted by Gasteiger charge is 1.95. The van der Waals surface area contributed by atoms with Gasteiger partial charge in [0, 0.05) is 0 Å². The third-order valence-electron chi connectivity index (χ3n) is 1.30. The Balaban J connectivity index is 3.07. The molecule has 4 heteroatoms. The molecule has 0 N–H and O–H groups in total. The third-order valence-corrected chi connectivity index (χ3v) is 8.59. The third kappa shape index (κ3) is 3.83. The Hall–Kier alpha value is 0.874. The molecule has 1 nitrogen and oxygen atoms in total. The molecule has 0 aromatic rings. The van der Waals surface area contributed by atoms with Gasteiger partial charge in [0.25, 0.3) is 0 Å². The van der Waals surface area contributed by atoms with Crippen LogP contribution >= 0.6 is 15.3 Å². The zero-order valence-electron chi connectivity index (χ0n) is 5.65. The standard InChI is InChI=1S/C4H14BrNSi2/c1-3-6(4-2)8-7-5/h3-4,7-8H2,1-2H3. The van der Waals surface area contributed by atoms with E-state index in [4.69, 9.17) is 0 Å². The van der Waals surface area contributed by atoms with Crippen LogP contribution in [0.15, 0.2) is 0 Å². The van der Waals surface area contributed by atoms with Gasteiger partial charge in [0.1, 0.15) is 7.66 Å².